The summed E-state index contributed by atoms with van der Waals surface area (Å²) in [6.07, 6.45) is 0.430. The van der Waals surface area contributed by atoms with Gasteiger partial charge in [0.25, 0.3) is 5.91 Å². The first-order chi connectivity index (χ1) is 17.7. The smallest absolute Gasteiger partial charge is 0.326 e. The molecule has 5 rings (SSSR count). The fourth-order valence-electron chi connectivity index (χ4n) is 4.36. The van der Waals surface area contributed by atoms with Crippen molar-refractivity contribution in [3.63, 3.8) is 0 Å². The molecule has 5 heteroatoms. The van der Waals surface area contributed by atoms with Gasteiger partial charge < -0.3 is 4.74 Å². The van der Waals surface area contributed by atoms with Crippen LogP contribution in [-0.4, -0.2) is 30.2 Å². The Kier molecular flexibility index (Phi) is 6.99. The minimum absolute atomic E-state index is 0.155. The zero-order valence-corrected chi connectivity index (χ0v) is 19.8. The van der Waals surface area contributed by atoms with Gasteiger partial charge >= 0.3 is 5.97 Å². The van der Waals surface area contributed by atoms with Crippen LogP contribution >= 0.6 is 0 Å². The van der Waals surface area contributed by atoms with E-state index in [-0.39, 0.29) is 19.1 Å². The van der Waals surface area contributed by atoms with Crippen LogP contribution in [0.15, 0.2) is 120 Å². The summed E-state index contributed by atoms with van der Waals surface area (Å²) in [6.45, 7) is -0.0336. The van der Waals surface area contributed by atoms with Crippen LogP contribution in [0.3, 0.4) is 0 Å². The largest absolute Gasteiger partial charge is 0.459 e. The number of esters is 1. The number of benzene rings is 4. The summed E-state index contributed by atoms with van der Waals surface area (Å²) >= 11 is 0. The Morgan fingerprint density at radius 2 is 1.33 bits per heavy atom. The van der Waals surface area contributed by atoms with Crippen LogP contribution in [0.2, 0.25) is 0 Å². The van der Waals surface area contributed by atoms with Crippen molar-refractivity contribution in [2.24, 2.45) is 4.99 Å². The molecule has 1 heterocycles. The number of benzodiazepines with no additional fused rings is 1. The topological polar surface area (TPSA) is 59.0 Å². The van der Waals surface area contributed by atoms with Crippen molar-refractivity contribution >= 4 is 23.3 Å². The van der Waals surface area contributed by atoms with Crippen LogP contribution in [0, 0.1) is 0 Å². The highest BCUT2D eigenvalue weighted by molar-refractivity contribution is 6.20. The number of anilines is 1. The summed E-state index contributed by atoms with van der Waals surface area (Å²) in [7, 11) is 0. The Hall–Kier alpha value is -4.51. The summed E-state index contributed by atoms with van der Waals surface area (Å²) in [4.78, 5) is 33.3. The highest BCUT2D eigenvalue weighted by Gasteiger charge is 2.33. The predicted molar refractivity (Wildman–Crippen MR) is 141 cm³/mol. The fraction of sp³-hybridized carbons (Fsp3) is 0.129. The number of nitrogens with zero attached hydrogens (tertiary/aromatic N) is 2. The average molecular weight is 475 g/mol. The van der Waals surface area contributed by atoms with E-state index in [1.54, 1.807) is 0 Å². The third kappa shape index (κ3) is 5.26. The molecule has 0 aromatic heterocycles. The maximum Gasteiger partial charge on any atom is 0.326 e. The van der Waals surface area contributed by atoms with Gasteiger partial charge in [-0.2, -0.15) is 0 Å². The van der Waals surface area contributed by atoms with E-state index in [2.05, 4.69) is 0 Å². The monoisotopic (exact) mass is 474 g/mol. The molecule has 0 fully saturated rings. The Labute approximate surface area is 210 Å². The molecule has 36 heavy (non-hydrogen) atoms. The molecule has 5 nitrogen and oxygen atoms in total. The molecule has 4 aromatic carbocycles. The number of rotatable bonds is 7. The van der Waals surface area contributed by atoms with Crippen molar-refractivity contribution in [1.82, 2.24) is 0 Å². The third-order valence-corrected chi connectivity index (χ3v) is 6.13. The Balaban J connectivity index is 1.50. The summed E-state index contributed by atoms with van der Waals surface area (Å²) in [6, 6.07) is 36.1. The number of para-hydroxylation sites is 1. The SMILES string of the molecule is O=C(CN1C(=O)[C@H](Cc2ccccc2)N=C(c2ccccc2)c2ccccc21)OCc1ccccc1. The first-order valence-corrected chi connectivity index (χ1v) is 12.0. The van der Waals surface area contributed by atoms with Crippen LogP contribution in [0.1, 0.15) is 22.3 Å². The molecule has 1 amide bonds. The lowest BCUT2D eigenvalue weighted by Crippen LogP contribution is -2.42. The van der Waals surface area contributed by atoms with Gasteiger partial charge in [-0.3, -0.25) is 19.5 Å². The van der Waals surface area contributed by atoms with E-state index in [0.29, 0.717) is 12.1 Å². The van der Waals surface area contributed by atoms with Crippen molar-refractivity contribution in [3.8, 4) is 0 Å². The Morgan fingerprint density at radius 3 is 2.03 bits per heavy atom. The molecule has 0 bridgehead atoms. The number of fused-ring (bicyclic) bond motifs is 1. The van der Waals surface area contributed by atoms with Crippen molar-refractivity contribution in [3.05, 3.63) is 138 Å². The number of amides is 1. The molecule has 1 atom stereocenters. The number of hydrogen-bond acceptors (Lipinski definition) is 4. The first kappa shape index (κ1) is 23.2. The lowest BCUT2D eigenvalue weighted by molar-refractivity contribution is -0.144. The fourth-order valence-corrected chi connectivity index (χ4v) is 4.36. The van der Waals surface area contributed by atoms with Crippen LogP contribution < -0.4 is 4.90 Å². The second-order valence-corrected chi connectivity index (χ2v) is 8.64. The van der Waals surface area contributed by atoms with Gasteiger partial charge in [-0.15, -0.1) is 0 Å². The maximum atomic E-state index is 13.9. The molecule has 1 aliphatic rings. The van der Waals surface area contributed by atoms with Gasteiger partial charge in [0.15, 0.2) is 0 Å². The quantitative estimate of drug-likeness (QED) is 0.345. The van der Waals surface area contributed by atoms with Gasteiger partial charge in [-0.25, -0.2) is 0 Å². The molecule has 4 aromatic rings. The van der Waals surface area contributed by atoms with Crippen LogP contribution in [0.5, 0.6) is 0 Å². The van der Waals surface area contributed by atoms with Gasteiger partial charge in [0.05, 0.1) is 11.4 Å². The minimum atomic E-state index is -0.683. The van der Waals surface area contributed by atoms with Crippen molar-refractivity contribution < 1.29 is 14.3 Å². The molecule has 0 spiro atoms. The van der Waals surface area contributed by atoms with E-state index < -0.39 is 12.0 Å². The number of ether oxygens (including phenoxy) is 1. The van der Waals surface area contributed by atoms with Gasteiger partial charge in [0.2, 0.25) is 0 Å². The van der Waals surface area contributed by atoms with E-state index in [1.165, 1.54) is 4.90 Å². The summed E-state index contributed by atoms with van der Waals surface area (Å²) < 4.78 is 5.53. The van der Waals surface area contributed by atoms with E-state index in [9.17, 15) is 9.59 Å². The highest BCUT2D eigenvalue weighted by atomic mass is 16.5. The summed E-state index contributed by atoms with van der Waals surface area (Å²) in [5.41, 5.74) is 5.01. The van der Waals surface area contributed by atoms with E-state index in [0.717, 1.165) is 28.0 Å². The number of carbonyl (C=O) groups excluding carboxylic acids is 2. The molecule has 0 N–H and O–H groups in total. The zero-order valence-electron chi connectivity index (χ0n) is 19.8. The molecule has 178 valence electrons. The first-order valence-electron chi connectivity index (χ1n) is 12.0. The highest BCUT2D eigenvalue weighted by Crippen LogP contribution is 2.29. The zero-order chi connectivity index (χ0) is 24.7. The van der Waals surface area contributed by atoms with E-state index in [1.807, 2.05) is 115 Å². The molecule has 0 unspecified atom stereocenters. The van der Waals surface area contributed by atoms with Gasteiger partial charge in [-0.05, 0) is 17.2 Å². The molecular weight excluding hydrogens is 448 g/mol. The molecule has 0 saturated heterocycles. The predicted octanol–water partition coefficient (Wildman–Crippen LogP) is 5.23. The summed E-state index contributed by atoms with van der Waals surface area (Å²) in [5, 5.41) is 0. The Morgan fingerprint density at radius 1 is 0.750 bits per heavy atom. The molecule has 0 aliphatic carbocycles. The van der Waals surface area contributed by atoms with Crippen molar-refractivity contribution in [2.45, 2.75) is 19.1 Å². The molecule has 1 aliphatic heterocycles. The lowest BCUT2D eigenvalue weighted by Gasteiger charge is -2.24. The number of carbonyl (C=O) groups is 2. The number of hydrogen-bond donors (Lipinski definition) is 0. The molecular formula is C31H26N2O3. The molecule has 0 saturated carbocycles. The molecule has 0 radical (unpaired) electrons. The van der Waals surface area contributed by atoms with Crippen molar-refractivity contribution in [1.29, 1.82) is 0 Å². The van der Waals surface area contributed by atoms with Gasteiger partial charge in [0, 0.05) is 17.5 Å². The standard InChI is InChI=1S/C31H26N2O3/c34-29(36-22-24-14-6-2-7-15-24)21-33-28-19-11-10-18-26(28)30(25-16-8-3-9-17-25)32-27(31(33)35)20-23-12-4-1-5-13-23/h1-19,27H,20-22H2/t27-/m0/s1. The second-order valence-electron chi connectivity index (χ2n) is 8.64. The normalized spacial score (nSPS) is 15.0. The van der Waals surface area contributed by atoms with Crippen molar-refractivity contribution in [2.75, 3.05) is 11.4 Å². The second kappa shape index (κ2) is 10.8. The Bertz CT molecular complexity index is 1370. The van der Waals surface area contributed by atoms with Crippen LogP contribution in [0.4, 0.5) is 5.69 Å². The summed E-state index contributed by atoms with van der Waals surface area (Å²) in [5.74, 6) is -0.697. The third-order valence-electron chi connectivity index (χ3n) is 6.13. The van der Waals surface area contributed by atoms with Crippen LogP contribution in [0.25, 0.3) is 0 Å². The average Bonchev–Trinajstić information content (AvgIpc) is 3.04. The van der Waals surface area contributed by atoms with E-state index in [4.69, 9.17) is 9.73 Å². The van der Waals surface area contributed by atoms with E-state index >= 15 is 0 Å². The van der Waals surface area contributed by atoms with Gasteiger partial charge in [-0.1, -0.05) is 109 Å². The van der Waals surface area contributed by atoms with Gasteiger partial charge in [0.1, 0.15) is 19.2 Å². The van der Waals surface area contributed by atoms with Crippen LogP contribution in [-0.2, 0) is 27.4 Å². The minimum Gasteiger partial charge on any atom is -0.459 e. The number of aliphatic imine (C=N–C) groups is 1. The maximum absolute atomic E-state index is 13.9. The lowest BCUT2D eigenvalue weighted by atomic mass is 10.00.